The third kappa shape index (κ3) is 3.68. The smallest absolute Gasteiger partial charge is 0.252 e. The summed E-state index contributed by atoms with van der Waals surface area (Å²) in [5, 5.41) is 8.43. The Morgan fingerprint density at radius 1 is 1.40 bits per heavy atom. The summed E-state index contributed by atoms with van der Waals surface area (Å²) < 4.78 is 1.75. The lowest BCUT2D eigenvalue weighted by Gasteiger charge is -2.35. The number of nitrogens with one attached hydrogen (secondary N) is 1. The van der Waals surface area contributed by atoms with Gasteiger partial charge in [-0.05, 0) is 59.1 Å². The van der Waals surface area contributed by atoms with Gasteiger partial charge in [0.15, 0.2) is 5.65 Å². The van der Waals surface area contributed by atoms with Crippen LogP contribution in [-0.4, -0.2) is 51.2 Å². The van der Waals surface area contributed by atoms with Crippen LogP contribution in [-0.2, 0) is 7.05 Å². The van der Waals surface area contributed by atoms with Gasteiger partial charge in [0, 0.05) is 31.9 Å². The van der Waals surface area contributed by atoms with E-state index in [9.17, 15) is 4.79 Å². The van der Waals surface area contributed by atoms with Gasteiger partial charge in [0.2, 0.25) is 0 Å². The van der Waals surface area contributed by atoms with Crippen LogP contribution in [0.15, 0.2) is 6.07 Å². The SMILES string of the molecule is Cc1cc(C(=O)NCC2CCCN(C(C)C)C2)c2c(C)nn(C)c2n1. The molecule has 1 unspecified atom stereocenters. The van der Waals surface area contributed by atoms with Gasteiger partial charge in [-0.15, -0.1) is 0 Å². The molecule has 1 atom stereocenters. The highest BCUT2D eigenvalue weighted by Gasteiger charge is 2.23. The molecule has 0 aromatic carbocycles. The summed E-state index contributed by atoms with van der Waals surface area (Å²) >= 11 is 0. The number of hydrogen-bond acceptors (Lipinski definition) is 4. The maximum absolute atomic E-state index is 12.8. The Bertz CT molecular complexity index is 780. The molecular formula is C19H29N5O. The molecule has 0 spiro atoms. The Labute approximate surface area is 149 Å². The zero-order valence-corrected chi connectivity index (χ0v) is 16.0. The quantitative estimate of drug-likeness (QED) is 0.926. The van der Waals surface area contributed by atoms with Crippen LogP contribution in [0.2, 0.25) is 0 Å². The lowest BCUT2D eigenvalue weighted by Crippen LogP contribution is -2.43. The number of carbonyl (C=O) groups excluding carboxylic acids is 1. The molecule has 6 heteroatoms. The van der Waals surface area contributed by atoms with Crippen LogP contribution in [0.1, 0.15) is 48.4 Å². The highest BCUT2D eigenvalue weighted by atomic mass is 16.1. The summed E-state index contributed by atoms with van der Waals surface area (Å²) in [5.41, 5.74) is 3.14. The average molecular weight is 343 g/mol. The number of nitrogens with zero attached hydrogens (tertiary/aromatic N) is 4. The molecule has 3 rings (SSSR count). The first-order valence-corrected chi connectivity index (χ1v) is 9.20. The summed E-state index contributed by atoms with van der Waals surface area (Å²) in [4.78, 5) is 19.9. The minimum atomic E-state index is -0.0201. The molecule has 0 bridgehead atoms. The Balaban J connectivity index is 1.75. The van der Waals surface area contributed by atoms with Gasteiger partial charge in [-0.1, -0.05) is 0 Å². The molecule has 6 nitrogen and oxygen atoms in total. The number of aryl methyl sites for hydroxylation is 3. The molecule has 0 aliphatic carbocycles. The van der Waals surface area contributed by atoms with Crippen LogP contribution in [0.25, 0.3) is 11.0 Å². The van der Waals surface area contributed by atoms with Gasteiger partial charge in [-0.25, -0.2) is 4.98 Å². The number of rotatable bonds is 4. The van der Waals surface area contributed by atoms with Crippen molar-refractivity contribution in [3.8, 4) is 0 Å². The van der Waals surface area contributed by atoms with Crippen LogP contribution in [0.3, 0.4) is 0 Å². The fraction of sp³-hybridized carbons (Fsp3) is 0.632. The molecule has 0 radical (unpaired) electrons. The van der Waals surface area contributed by atoms with Gasteiger partial charge in [-0.2, -0.15) is 5.10 Å². The van der Waals surface area contributed by atoms with Crippen molar-refractivity contribution in [3.05, 3.63) is 23.0 Å². The van der Waals surface area contributed by atoms with Crippen molar-refractivity contribution in [2.24, 2.45) is 13.0 Å². The lowest BCUT2D eigenvalue weighted by atomic mass is 9.96. The largest absolute Gasteiger partial charge is 0.352 e. The van der Waals surface area contributed by atoms with Crippen molar-refractivity contribution in [1.82, 2.24) is 25.0 Å². The molecule has 1 aliphatic heterocycles. The molecule has 0 saturated carbocycles. The maximum atomic E-state index is 12.8. The number of hydrogen-bond donors (Lipinski definition) is 1. The number of piperidine rings is 1. The standard InChI is InChI=1S/C19H29N5O/c1-12(2)24-8-6-7-15(11-24)10-20-19(25)16-9-13(3)21-18-17(16)14(4)22-23(18)5/h9,12,15H,6-8,10-11H2,1-5H3,(H,20,25). The van der Waals surface area contributed by atoms with Crippen LogP contribution < -0.4 is 5.32 Å². The third-order valence-corrected chi connectivity index (χ3v) is 5.17. The van der Waals surface area contributed by atoms with Crippen molar-refractivity contribution in [3.63, 3.8) is 0 Å². The summed E-state index contributed by atoms with van der Waals surface area (Å²) in [6.07, 6.45) is 2.39. The molecule has 1 amide bonds. The molecule has 25 heavy (non-hydrogen) atoms. The van der Waals surface area contributed by atoms with Crippen LogP contribution in [0, 0.1) is 19.8 Å². The van der Waals surface area contributed by atoms with Crippen LogP contribution in [0.4, 0.5) is 0 Å². The zero-order valence-electron chi connectivity index (χ0n) is 16.0. The Morgan fingerprint density at radius 3 is 2.88 bits per heavy atom. The predicted molar refractivity (Wildman–Crippen MR) is 99.7 cm³/mol. The van der Waals surface area contributed by atoms with E-state index in [2.05, 4.69) is 34.1 Å². The van der Waals surface area contributed by atoms with Crippen molar-refractivity contribution < 1.29 is 4.79 Å². The minimum Gasteiger partial charge on any atom is -0.352 e. The molecule has 2 aromatic rings. The molecule has 136 valence electrons. The van der Waals surface area contributed by atoms with E-state index >= 15 is 0 Å². The first-order chi connectivity index (χ1) is 11.9. The molecular weight excluding hydrogens is 314 g/mol. The summed E-state index contributed by atoms with van der Waals surface area (Å²) in [5.74, 6) is 0.502. The minimum absolute atomic E-state index is 0.0201. The Kier molecular flexibility index (Phi) is 5.08. The molecule has 1 saturated heterocycles. The van der Waals surface area contributed by atoms with Crippen molar-refractivity contribution in [2.45, 2.75) is 46.6 Å². The van der Waals surface area contributed by atoms with Gasteiger partial charge < -0.3 is 10.2 Å². The van der Waals surface area contributed by atoms with Crippen molar-refractivity contribution in [1.29, 1.82) is 0 Å². The fourth-order valence-corrected chi connectivity index (χ4v) is 3.81. The molecule has 1 aliphatic rings. The summed E-state index contributed by atoms with van der Waals surface area (Å²) in [7, 11) is 1.87. The maximum Gasteiger partial charge on any atom is 0.252 e. The van der Waals surface area contributed by atoms with Crippen LogP contribution in [0.5, 0.6) is 0 Å². The van der Waals surface area contributed by atoms with E-state index in [1.54, 1.807) is 4.68 Å². The summed E-state index contributed by atoms with van der Waals surface area (Å²) in [6, 6.07) is 2.44. The average Bonchev–Trinajstić information content (AvgIpc) is 2.86. The van der Waals surface area contributed by atoms with E-state index in [1.165, 1.54) is 19.4 Å². The molecule has 1 N–H and O–H groups in total. The van der Waals surface area contributed by atoms with Crippen molar-refractivity contribution >= 4 is 16.9 Å². The lowest BCUT2D eigenvalue weighted by molar-refractivity contribution is 0.0924. The Morgan fingerprint density at radius 2 is 2.16 bits per heavy atom. The van der Waals surface area contributed by atoms with E-state index < -0.39 is 0 Å². The monoisotopic (exact) mass is 343 g/mol. The molecule has 1 fully saturated rings. The van der Waals surface area contributed by atoms with E-state index in [1.807, 2.05) is 27.0 Å². The van der Waals surface area contributed by atoms with Gasteiger partial charge >= 0.3 is 0 Å². The third-order valence-electron chi connectivity index (χ3n) is 5.17. The summed E-state index contributed by atoms with van der Waals surface area (Å²) in [6.45, 7) is 11.3. The zero-order chi connectivity index (χ0) is 18.1. The second kappa shape index (κ2) is 7.12. The highest BCUT2D eigenvalue weighted by molar-refractivity contribution is 6.06. The number of pyridine rings is 1. The van der Waals surface area contributed by atoms with E-state index in [-0.39, 0.29) is 5.91 Å². The van der Waals surface area contributed by atoms with Gasteiger partial charge in [0.25, 0.3) is 5.91 Å². The first-order valence-electron chi connectivity index (χ1n) is 9.20. The van der Waals surface area contributed by atoms with E-state index in [0.717, 1.165) is 35.5 Å². The van der Waals surface area contributed by atoms with Crippen molar-refractivity contribution in [2.75, 3.05) is 19.6 Å². The molecule has 3 heterocycles. The van der Waals surface area contributed by atoms with Gasteiger partial charge in [0.1, 0.15) is 0 Å². The van der Waals surface area contributed by atoms with Gasteiger partial charge in [0.05, 0.1) is 16.6 Å². The predicted octanol–water partition coefficient (Wildman–Crippen LogP) is 2.44. The fourth-order valence-electron chi connectivity index (χ4n) is 3.81. The van der Waals surface area contributed by atoms with Gasteiger partial charge in [-0.3, -0.25) is 9.48 Å². The normalized spacial score (nSPS) is 18.9. The second-order valence-electron chi connectivity index (χ2n) is 7.53. The van der Waals surface area contributed by atoms with E-state index in [0.29, 0.717) is 17.5 Å². The number of fused-ring (bicyclic) bond motifs is 1. The number of amides is 1. The topological polar surface area (TPSA) is 63.1 Å². The van der Waals surface area contributed by atoms with Crippen LogP contribution >= 0.6 is 0 Å². The Hall–Kier alpha value is -1.95. The first kappa shape index (κ1) is 17.9. The number of aromatic nitrogens is 3. The molecule has 2 aromatic heterocycles. The number of likely N-dealkylation sites (tertiary alicyclic amines) is 1. The number of carbonyl (C=O) groups is 1. The second-order valence-corrected chi connectivity index (χ2v) is 7.53. The highest BCUT2D eigenvalue weighted by Crippen LogP contribution is 2.22. The van der Waals surface area contributed by atoms with E-state index in [4.69, 9.17) is 0 Å².